The lowest BCUT2D eigenvalue weighted by Gasteiger charge is -2.09. The Hall–Kier alpha value is -1.22. The predicted octanol–water partition coefficient (Wildman–Crippen LogP) is 5.05. The summed E-state index contributed by atoms with van der Waals surface area (Å²) in [7, 11) is 0. The molecule has 88 valence electrons. The zero-order chi connectivity index (χ0) is 12.3. The molecule has 0 aromatic heterocycles. The van der Waals surface area contributed by atoms with E-state index in [0.717, 1.165) is 11.1 Å². The van der Waals surface area contributed by atoms with Gasteiger partial charge in [-0.2, -0.15) is 0 Å². The number of benzene rings is 2. The third kappa shape index (κ3) is 2.91. The van der Waals surface area contributed by atoms with Crippen LogP contribution in [0.3, 0.4) is 0 Å². The largest absolute Gasteiger partial charge is 0.255 e. The van der Waals surface area contributed by atoms with Crippen molar-refractivity contribution in [2.45, 2.75) is 11.3 Å². The van der Waals surface area contributed by atoms with E-state index < -0.39 is 11.3 Å². The Kier molecular flexibility index (Phi) is 3.89. The number of halogens is 3. The van der Waals surface area contributed by atoms with Crippen molar-refractivity contribution in [3.63, 3.8) is 0 Å². The van der Waals surface area contributed by atoms with Gasteiger partial charge in [-0.05, 0) is 16.7 Å². The van der Waals surface area contributed by atoms with Crippen molar-refractivity contribution in [1.82, 2.24) is 0 Å². The molecule has 0 aliphatic rings. The molecular formula is C14H11BrF2. The van der Waals surface area contributed by atoms with Crippen molar-refractivity contribution < 1.29 is 8.78 Å². The van der Waals surface area contributed by atoms with Crippen molar-refractivity contribution in [2.75, 3.05) is 0 Å². The Morgan fingerprint density at radius 1 is 0.765 bits per heavy atom. The quantitative estimate of drug-likeness (QED) is 0.695. The minimum Gasteiger partial charge on any atom is -0.209 e. The van der Waals surface area contributed by atoms with Gasteiger partial charge in [-0.25, -0.2) is 8.78 Å². The van der Waals surface area contributed by atoms with Crippen LogP contribution in [0.25, 0.3) is 11.1 Å². The summed E-state index contributed by atoms with van der Waals surface area (Å²) in [6.07, 6.45) is -2.39. The highest BCUT2D eigenvalue weighted by Gasteiger charge is 2.18. The Morgan fingerprint density at radius 2 is 1.29 bits per heavy atom. The van der Waals surface area contributed by atoms with Gasteiger partial charge >= 0.3 is 0 Å². The molecule has 2 aromatic rings. The third-order valence-corrected chi connectivity index (χ3v) is 3.49. The van der Waals surface area contributed by atoms with Gasteiger partial charge in [0.05, 0.1) is 0 Å². The van der Waals surface area contributed by atoms with Crippen LogP contribution in [0, 0.1) is 0 Å². The molecule has 2 aromatic carbocycles. The fourth-order valence-corrected chi connectivity index (χ4v) is 1.94. The molecule has 2 rings (SSSR count). The average molecular weight is 297 g/mol. The van der Waals surface area contributed by atoms with Crippen molar-refractivity contribution >= 4 is 15.9 Å². The summed E-state index contributed by atoms with van der Waals surface area (Å²) in [6, 6.07) is 17.0. The SMILES string of the molecule is FC(F)C(Br)c1ccc(-c2ccccc2)cc1. The first-order valence-electron chi connectivity index (χ1n) is 5.26. The first kappa shape index (κ1) is 12.2. The second-order valence-electron chi connectivity index (χ2n) is 3.72. The van der Waals surface area contributed by atoms with E-state index in [1.54, 1.807) is 12.1 Å². The highest BCUT2D eigenvalue weighted by Crippen LogP contribution is 2.30. The van der Waals surface area contributed by atoms with E-state index in [4.69, 9.17) is 0 Å². The molecule has 0 heterocycles. The Balaban J connectivity index is 2.25. The van der Waals surface area contributed by atoms with E-state index >= 15 is 0 Å². The lowest BCUT2D eigenvalue weighted by molar-refractivity contribution is 0.147. The summed E-state index contributed by atoms with van der Waals surface area (Å²) >= 11 is 2.98. The summed E-state index contributed by atoms with van der Waals surface area (Å²) < 4.78 is 25.0. The van der Waals surface area contributed by atoms with Gasteiger partial charge in [0.2, 0.25) is 0 Å². The molecule has 17 heavy (non-hydrogen) atoms. The summed E-state index contributed by atoms with van der Waals surface area (Å²) in [5.41, 5.74) is 2.71. The van der Waals surface area contributed by atoms with Crippen LogP contribution in [0.1, 0.15) is 10.4 Å². The van der Waals surface area contributed by atoms with Gasteiger partial charge < -0.3 is 0 Å². The summed E-state index contributed by atoms with van der Waals surface area (Å²) in [6.45, 7) is 0. The van der Waals surface area contributed by atoms with Crippen molar-refractivity contribution in [3.8, 4) is 11.1 Å². The van der Waals surface area contributed by atoms with Gasteiger partial charge in [0.25, 0.3) is 6.43 Å². The minimum atomic E-state index is -2.39. The van der Waals surface area contributed by atoms with Crippen LogP contribution in [0.4, 0.5) is 8.78 Å². The minimum absolute atomic E-state index is 0.597. The van der Waals surface area contributed by atoms with E-state index in [-0.39, 0.29) is 0 Å². The molecule has 0 nitrogen and oxygen atoms in total. The van der Waals surface area contributed by atoms with E-state index in [9.17, 15) is 8.78 Å². The molecule has 1 unspecified atom stereocenters. The van der Waals surface area contributed by atoms with Gasteiger partial charge in [0.1, 0.15) is 4.83 Å². The Labute approximate surface area is 107 Å². The number of hydrogen-bond donors (Lipinski definition) is 0. The molecule has 0 fully saturated rings. The fourth-order valence-electron chi connectivity index (χ4n) is 1.64. The van der Waals surface area contributed by atoms with E-state index in [1.165, 1.54) is 0 Å². The molecule has 0 N–H and O–H groups in total. The topological polar surface area (TPSA) is 0 Å². The van der Waals surface area contributed by atoms with Crippen LogP contribution in [0.5, 0.6) is 0 Å². The van der Waals surface area contributed by atoms with Gasteiger partial charge in [-0.3, -0.25) is 0 Å². The normalized spacial score (nSPS) is 12.7. The second-order valence-corrected chi connectivity index (χ2v) is 4.71. The lowest BCUT2D eigenvalue weighted by Crippen LogP contribution is -2.00. The van der Waals surface area contributed by atoms with Gasteiger partial charge in [0.15, 0.2) is 0 Å². The van der Waals surface area contributed by atoms with Crippen LogP contribution in [-0.4, -0.2) is 6.43 Å². The maximum Gasteiger partial charge on any atom is 0.255 e. The second kappa shape index (κ2) is 5.41. The van der Waals surface area contributed by atoms with Crippen LogP contribution in [0.15, 0.2) is 54.6 Å². The zero-order valence-electron chi connectivity index (χ0n) is 8.98. The highest BCUT2D eigenvalue weighted by molar-refractivity contribution is 9.09. The highest BCUT2D eigenvalue weighted by atomic mass is 79.9. The Bertz CT molecular complexity index is 465. The average Bonchev–Trinajstić information content (AvgIpc) is 2.39. The molecule has 1 atom stereocenters. The number of alkyl halides is 3. The van der Waals surface area contributed by atoms with Crippen LogP contribution in [0.2, 0.25) is 0 Å². The molecule has 0 aliphatic heterocycles. The first-order valence-corrected chi connectivity index (χ1v) is 6.17. The summed E-state index contributed by atoms with van der Waals surface area (Å²) in [5.74, 6) is 0. The molecule has 0 amide bonds. The fraction of sp³-hybridized carbons (Fsp3) is 0.143. The maximum atomic E-state index is 12.5. The maximum absolute atomic E-state index is 12.5. The van der Waals surface area contributed by atoms with Crippen molar-refractivity contribution in [3.05, 3.63) is 60.2 Å². The molecule has 3 heteroatoms. The van der Waals surface area contributed by atoms with Crippen LogP contribution < -0.4 is 0 Å². The summed E-state index contributed by atoms with van der Waals surface area (Å²) in [5, 5.41) is 0. The van der Waals surface area contributed by atoms with Gasteiger partial charge in [-0.1, -0.05) is 70.5 Å². The van der Waals surface area contributed by atoms with Gasteiger partial charge in [-0.15, -0.1) is 0 Å². The number of hydrogen-bond acceptors (Lipinski definition) is 0. The number of rotatable bonds is 3. The van der Waals surface area contributed by atoms with Crippen LogP contribution >= 0.6 is 15.9 Å². The molecule has 0 saturated carbocycles. The molecule has 0 bridgehead atoms. The van der Waals surface area contributed by atoms with E-state index in [1.807, 2.05) is 42.5 Å². The lowest BCUT2D eigenvalue weighted by atomic mass is 10.0. The third-order valence-electron chi connectivity index (χ3n) is 2.56. The molecule has 0 radical (unpaired) electrons. The van der Waals surface area contributed by atoms with Crippen molar-refractivity contribution in [2.24, 2.45) is 0 Å². The first-order chi connectivity index (χ1) is 8.18. The zero-order valence-corrected chi connectivity index (χ0v) is 10.6. The molecular weight excluding hydrogens is 286 g/mol. The molecule has 0 saturated heterocycles. The van der Waals surface area contributed by atoms with E-state index in [0.29, 0.717) is 5.56 Å². The monoisotopic (exact) mass is 296 g/mol. The van der Waals surface area contributed by atoms with Gasteiger partial charge in [0, 0.05) is 0 Å². The van der Waals surface area contributed by atoms with Crippen molar-refractivity contribution in [1.29, 1.82) is 0 Å². The van der Waals surface area contributed by atoms with E-state index in [2.05, 4.69) is 15.9 Å². The smallest absolute Gasteiger partial charge is 0.209 e. The predicted molar refractivity (Wildman–Crippen MR) is 69.6 cm³/mol. The Morgan fingerprint density at radius 3 is 1.82 bits per heavy atom. The standard InChI is InChI=1S/C14H11BrF2/c15-13(14(16)17)12-8-6-11(7-9-12)10-4-2-1-3-5-10/h1-9,13-14H. The van der Waals surface area contributed by atoms with Crippen LogP contribution in [-0.2, 0) is 0 Å². The molecule has 0 aliphatic carbocycles. The summed E-state index contributed by atoms with van der Waals surface area (Å²) in [4.78, 5) is -0.896. The molecule has 0 spiro atoms.